The highest BCUT2D eigenvalue weighted by molar-refractivity contribution is 5.79. The predicted molar refractivity (Wildman–Crippen MR) is 79.8 cm³/mol. The van der Waals surface area contributed by atoms with Gasteiger partial charge >= 0.3 is 17.9 Å². The zero-order chi connectivity index (χ0) is 19.8. The van der Waals surface area contributed by atoms with Crippen LogP contribution in [0.2, 0.25) is 0 Å². The first-order valence-corrected chi connectivity index (χ1v) is 5.64. The number of hydrogen-bond acceptors (Lipinski definition) is 8. The van der Waals surface area contributed by atoms with E-state index in [1.54, 1.807) is 0 Å². The zero-order valence-corrected chi connectivity index (χ0v) is 12.9. The zero-order valence-electron chi connectivity index (χ0n) is 12.9. The Morgan fingerprint density at radius 1 is 0.870 bits per heavy atom. The van der Waals surface area contributed by atoms with Crippen LogP contribution in [0.4, 0.5) is 0 Å². The molecular weight excluding hydrogens is 316 g/mol. The lowest BCUT2D eigenvalue weighted by molar-refractivity contribution is -0.387. The molecule has 7 N–H and O–H groups in total. The summed E-state index contributed by atoms with van der Waals surface area (Å²) in [6.45, 7) is 13.1. The van der Waals surface area contributed by atoms with Gasteiger partial charge in [0.1, 0.15) is 0 Å². The largest absolute Gasteiger partial charge is 0.478 e. The van der Waals surface area contributed by atoms with E-state index >= 15 is 0 Å². The van der Waals surface area contributed by atoms with Gasteiger partial charge in [0, 0.05) is 23.6 Å². The molecule has 0 radical (unpaired) electrons. The second kappa shape index (κ2) is 31.7. The first kappa shape index (κ1) is 32.4. The molecule has 0 aromatic carbocycles. The molecule has 0 bridgehead atoms. The number of rotatable bonds is 4. The third-order valence-corrected chi connectivity index (χ3v) is 0.613. The number of carbonyl (C=O) groups is 3. The lowest BCUT2D eigenvalue weighted by Crippen LogP contribution is -2.27. The summed E-state index contributed by atoms with van der Waals surface area (Å²) in [4.78, 5) is 27.8. The number of nitrogens with one attached hydrogen (secondary N) is 1. The SMILES string of the molecule is C=CC(=O)O.C=CC(=O)O.C=CC(=O)O.CCC.ONN(O)O. The van der Waals surface area contributed by atoms with Gasteiger partial charge in [0.05, 0.1) is 0 Å². The molecule has 0 aliphatic rings. The summed E-state index contributed by atoms with van der Waals surface area (Å²) in [5.41, 5.74) is 0.972. The number of carboxylic acid groups (broad SMARTS) is 3. The van der Waals surface area contributed by atoms with Crippen molar-refractivity contribution < 1.29 is 45.3 Å². The van der Waals surface area contributed by atoms with Gasteiger partial charge in [0.15, 0.2) is 0 Å². The molecule has 0 aromatic heterocycles. The maximum absolute atomic E-state index is 9.25. The van der Waals surface area contributed by atoms with E-state index in [2.05, 4.69) is 33.6 Å². The van der Waals surface area contributed by atoms with Crippen molar-refractivity contribution in [3.8, 4) is 0 Å². The monoisotopic (exact) mass is 340 g/mol. The number of nitrogens with zero attached hydrogens (tertiary/aromatic N) is 1. The average molecular weight is 340 g/mol. The van der Waals surface area contributed by atoms with Gasteiger partial charge < -0.3 is 15.3 Å². The van der Waals surface area contributed by atoms with Crippen molar-refractivity contribution >= 4 is 17.9 Å². The van der Waals surface area contributed by atoms with E-state index < -0.39 is 23.2 Å². The van der Waals surface area contributed by atoms with Crippen molar-refractivity contribution in [3.05, 3.63) is 38.0 Å². The van der Waals surface area contributed by atoms with Crippen LogP contribution in [0.15, 0.2) is 38.0 Å². The third-order valence-electron chi connectivity index (χ3n) is 0.613. The van der Waals surface area contributed by atoms with Crippen molar-refractivity contribution in [1.82, 2.24) is 10.9 Å². The van der Waals surface area contributed by atoms with Crippen molar-refractivity contribution in [2.75, 3.05) is 0 Å². The van der Waals surface area contributed by atoms with Gasteiger partial charge in [0.2, 0.25) is 0 Å². The van der Waals surface area contributed by atoms with E-state index in [1.165, 1.54) is 6.42 Å². The first-order chi connectivity index (χ1) is 10.5. The first-order valence-electron chi connectivity index (χ1n) is 5.64. The van der Waals surface area contributed by atoms with Crippen molar-refractivity contribution in [2.24, 2.45) is 0 Å². The molecule has 11 nitrogen and oxygen atoms in total. The van der Waals surface area contributed by atoms with E-state index in [9.17, 15) is 14.4 Å². The molecule has 23 heavy (non-hydrogen) atoms. The fraction of sp³-hybridized carbons (Fsp3) is 0.250. The molecule has 0 aliphatic carbocycles. The lowest BCUT2D eigenvalue weighted by atomic mass is 10.6. The topological polar surface area (TPSA) is 188 Å². The molecule has 0 aliphatic heterocycles. The standard InChI is InChI=1S/3C3H4O2.C3H8.H4N2O3/c3*1-2-3(4)5;1-3-2;3-1-2(4)5/h3*2H,1H2,(H,4,5);3H2,1-2H3;1,3-5H. The van der Waals surface area contributed by atoms with Crippen LogP contribution in [0.3, 0.4) is 0 Å². The Labute approximate surface area is 133 Å². The molecule has 0 atom stereocenters. The molecule has 0 saturated carbocycles. The predicted octanol–water partition coefficient (Wildman–Crippen LogP) is 1.15. The van der Waals surface area contributed by atoms with Crippen LogP contribution in [-0.4, -0.2) is 54.2 Å². The molecule has 0 amide bonds. The van der Waals surface area contributed by atoms with Crippen LogP contribution in [0.5, 0.6) is 0 Å². The maximum Gasteiger partial charge on any atom is 0.327 e. The molecule has 0 rings (SSSR count). The molecule has 0 fully saturated rings. The fourth-order valence-corrected chi connectivity index (χ4v) is 0. The summed E-state index contributed by atoms with van der Waals surface area (Å²) in [6.07, 6.45) is 3.75. The van der Waals surface area contributed by atoms with Crippen LogP contribution in [-0.2, 0) is 14.4 Å². The molecule has 11 heteroatoms. The van der Waals surface area contributed by atoms with Crippen LogP contribution < -0.4 is 5.59 Å². The second-order valence-corrected chi connectivity index (χ2v) is 2.72. The Kier molecular flexibility index (Phi) is 44.6. The maximum atomic E-state index is 9.25. The normalized spacial score (nSPS) is 7.04. The van der Waals surface area contributed by atoms with Crippen LogP contribution in [0, 0.1) is 0 Å². The van der Waals surface area contributed by atoms with Gasteiger partial charge in [-0.05, 0) is 0 Å². The van der Waals surface area contributed by atoms with Crippen molar-refractivity contribution in [2.45, 2.75) is 20.3 Å². The van der Waals surface area contributed by atoms with Crippen LogP contribution >= 0.6 is 0 Å². The average Bonchev–Trinajstić information content (AvgIpc) is 2.49. The Morgan fingerprint density at radius 2 is 0.957 bits per heavy atom. The molecule has 0 heterocycles. The Morgan fingerprint density at radius 3 is 0.957 bits per heavy atom. The smallest absolute Gasteiger partial charge is 0.327 e. The minimum atomic E-state index is -0.981. The highest BCUT2D eigenvalue weighted by Gasteiger charge is 1.76. The molecule has 0 spiro atoms. The highest BCUT2D eigenvalue weighted by Crippen LogP contribution is 1.56. The summed E-state index contributed by atoms with van der Waals surface area (Å²) in [7, 11) is 0. The van der Waals surface area contributed by atoms with E-state index in [4.69, 9.17) is 30.9 Å². The van der Waals surface area contributed by atoms with E-state index in [1.807, 2.05) is 0 Å². The van der Waals surface area contributed by atoms with Crippen LogP contribution in [0.1, 0.15) is 20.3 Å². The van der Waals surface area contributed by atoms with Gasteiger partial charge in [0.25, 0.3) is 0 Å². The molecule has 0 saturated heterocycles. The number of aliphatic carboxylic acids is 3. The minimum Gasteiger partial charge on any atom is -0.478 e. The third kappa shape index (κ3) is 200. The summed E-state index contributed by atoms with van der Waals surface area (Å²) < 4.78 is 0. The lowest BCUT2D eigenvalue weighted by Gasteiger charge is -1.95. The Bertz CT molecular complexity index is 288. The van der Waals surface area contributed by atoms with Gasteiger partial charge in [-0.15, -0.1) is 0 Å². The minimum absolute atomic E-state index is 0.569. The summed E-state index contributed by atoms with van der Waals surface area (Å²) in [5.74, 6) is -2.94. The fourth-order valence-electron chi connectivity index (χ4n) is 0. The van der Waals surface area contributed by atoms with Crippen molar-refractivity contribution in [3.63, 3.8) is 0 Å². The number of hydrazine groups is 1. The number of hydrogen-bond donors (Lipinski definition) is 7. The van der Waals surface area contributed by atoms with E-state index in [-0.39, 0.29) is 0 Å². The highest BCUT2D eigenvalue weighted by atomic mass is 16.9. The van der Waals surface area contributed by atoms with Crippen molar-refractivity contribution in [1.29, 1.82) is 0 Å². The van der Waals surface area contributed by atoms with Gasteiger partial charge in [-0.3, -0.25) is 15.6 Å². The van der Waals surface area contributed by atoms with Gasteiger partial charge in [-0.25, -0.2) is 14.4 Å². The molecule has 136 valence electrons. The second-order valence-electron chi connectivity index (χ2n) is 2.72. The number of carboxylic acids is 3. The Balaban J connectivity index is -0.0000000593. The molecular formula is C12H24N2O9. The summed E-state index contributed by atoms with van der Waals surface area (Å²) in [6, 6.07) is 0. The van der Waals surface area contributed by atoms with E-state index in [0.717, 1.165) is 23.8 Å². The summed E-state index contributed by atoms with van der Waals surface area (Å²) >= 11 is 0. The van der Waals surface area contributed by atoms with E-state index in [0.29, 0.717) is 0 Å². The Hall–Kier alpha value is -2.57. The van der Waals surface area contributed by atoms with Gasteiger partial charge in [-0.2, -0.15) is 0 Å². The summed E-state index contributed by atoms with van der Waals surface area (Å²) in [5, 5.41) is 44.3. The molecule has 0 aromatic rings. The quantitative estimate of drug-likeness (QED) is 0.287. The molecule has 0 unspecified atom stereocenters. The van der Waals surface area contributed by atoms with Gasteiger partial charge in [-0.1, -0.05) is 45.6 Å². The van der Waals surface area contributed by atoms with Crippen LogP contribution in [0.25, 0.3) is 0 Å².